The van der Waals surface area contributed by atoms with Crippen LogP contribution in [0.25, 0.3) is 11.1 Å². The molecule has 0 saturated heterocycles. The molecule has 4 aromatic carbocycles. The number of para-hydroxylation sites is 2. The minimum Gasteiger partial charge on any atom is -0.457 e. The molecule has 0 spiro atoms. The zero-order valence-corrected chi connectivity index (χ0v) is 17.7. The molecule has 156 valence electrons. The van der Waals surface area contributed by atoms with Crippen molar-refractivity contribution in [1.82, 2.24) is 4.98 Å². The van der Waals surface area contributed by atoms with Gasteiger partial charge in [0.25, 0.3) is 0 Å². The number of pyridine rings is 1. The molecule has 0 aliphatic carbocycles. The number of fused-ring (bicyclic) bond motifs is 4. The smallest absolute Gasteiger partial charge is 0.136 e. The van der Waals surface area contributed by atoms with E-state index in [2.05, 4.69) is 83.8 Å². The van der Waals surface area contributed by atoms with Gasteiger partial charge in [-0.3, -0.25) is 4.98 Å². The summed E-state index contributed by atoms with van der Waals surface area (Å²) in [6.07, 6.45) is 3.61. The number of rotatable bonds is 2. The molecular formula is C30H19NO2. The Morgan fingerprint density at radius 1 is 0.515 bits per heavy atom. The molecule has 3 heterocycles. The van der Waals surface area contributed by atoms with E-state index < -0.39 is 5.41 Å². The maximum atomic E-state index is 6.55. The zero-order valence-electron chi connectivity index (χ0n) is 17.7. The summed E-state index contributed by atoms with van der Waals surface area (Å²) < 4.78 is 13.1. The summed E-state index contributed by atoms with van der Waals surface area (Å²) in [4.78, 5) is 4.17. The Labute approximate surface area is 191 Å². The third kappa shape index (κ3) is 2.48. The van der Waals surface area contributed by atoms with Gasteiger partial charge in [-0.2, -0.15) is 0 Å². The standard InChI is InChI=1S/C30H19NO2/c1-2-8-22(9-3-1)30-23-10-4-6-12-25(23)32-27-18-21(20-14-16-31-17-15-20)19-28(29(27)30)33-26-13-7-5-11-24(26)30/h1-19H. The van der Waals surface area contributed by atoms with Crippen LogP contribution >= 0.6 is 0 Å². The topological polar surface area (TPSA) is 31.4 Å². The van der Waals surface area contributed by atoms with Gasteiger partial charge in [-0.1, -0.05) is 66.7 Å². The van der Waals surface area contributed by atoms with Crippen LogP contribution in [-0.4, -0.2) is 4.98 Å². The second-order valence-corrected chi connectivity index (χ2v) is 8.40. The van der Waals surface area contributed by atoms with Gasteiger partial charge >= 0.3 is 0 Å². The number of nitrogens with zero attached hydrogens (tertiary/aromatic N) is 1. The van der Waals surface area contributed by atoms with E-state index in [0.717, 1.165) is 50.8 Å². The third-order valence-corrected chi connectivity index (χ3v) is 6.68. The highest BCUT2D eigenvalue weighted by atomic mass is 16.5. The van der Waals surface area contributed by atoms with Crippen molar-refractivity contribution in [2.75, 3.05) is 0 Å². The van der Waals surface area contributed by atoms with Crippen LogP contribution in [0, 0.1) is 0 Å². The summed E-state index contributed by atoms with van der Waals surface area (Å²) in [6, 6.07) is 35.6. The van der Waals surface area contributed by atoms with Gasteiger partial charge in [0.15, 0.2) is 0 Å². The van der Waals surface area contributed by atoms with E-state index >= 15 is 0 Å². The molecule has 2 aliphatic heterocycles. The first-order valence-corrected chi connectivity index (χ1v) is 11.0. The van der Waals surface area contributed by atoms with Gasteiger partial charge in [-0.05, 0) is 53.1 Å². The maximum absolute atomic E-state index is 6.55. The van der Waals surface area contributed by atoms with Crippen molar-refractivity contribution in [2.45, 2.75) is 5.41 Å². The summed E-state index contributed by atoms with van der Waals surface area (Å²) in [5.41, 5.74) is 6.05. The normalized spacial score (nSPS) is 14.2. The summed E-state index contributed by atoms with van der Waals surface area (Å²) in [7, 11) is 0. The van der Waals surface area contributed by atoms with E-state index in [1.165, 1.54) is 5.56 Å². The van der Waals surface area contributed by atoms with Gasteiger partial charge in [0.2, 0.25) is 0 Å². The average Bonchev–Trinajstić information content (AvgIpc) is 2.89. The van der Waals surface area contributed by atoms with Gasteiger partial charge in [0, 0.05) is 23.5 Å². The van der Waals surface area contributed by atoms with E-state index in [9.17, 15) is 0 Å². The quantitative estimate of drug-likeness (QED) is 0.290. The van der Waals surface area contributed by atoms with Gasteiger partial charge < -0.3 is 9.47 Å². The molecule has 0 radical (unpaired) electrons. The van der Waals surface area contributed by atoms with Crippen molar-refractivity contribution in [2.24, 2.45) is 0 Å². The number of aromatic nitrogens is 1. The zero-order chi connectivity index (χ0) is 21.8. The molecule has 0 bridgehead atoms. The molecule has 0 fully saturated rings. The molecule has 0 saturated carbocycles. The Kier molecular flexibility index (Phi) is 3.76. The molecule has 0 unspecified atom stereocenters. The average molecular weight is 425 g/mol. The second-order valence-electron chi connectivity index (χ2n) is 8.40. The summed E-state index contributed by atoms with van der Waals surface area (Å²) in [5.74, 6) is 3.36. The largest absolute Gasteiger partial charge is 0.457 e. The minimum atomic E-state index is -0.535. The third-order valence-electron chi connectivity index (χ3n) is 6.68. The maximum Gasteiger partial charge on any atom is 0.136 e. The number of hydrogen-bond acceptors (Lipinski definition) is 3. The molecule has 0 N–H and O–H groups in total. The van der Waals surface area contributed by atoms with Crippen LogP contribution in [0.4, 0.5) is 0 Å². The first-order valence-electron chi connectivity index (χ1n) is 11.0. The van der Waals surface area contributed by atoms with Crippen LogP contribution < -0.4 is 9.47 Å². The SMILES string of the molecule is c1ccc(C23c4ccccc4Oc4cc(-c5ccncc5)cc(c42)Oc2ccccc23)cc1. The first kappa shape index (κ1) is 18.2. The van der Waals surface area contributed by atoms with E-state index in [4.69, 9.17) is 9.47 Å². The van der Waals surface area contributed by atoms with Gasteiger partial charge in [-0.25, -0.2) is 0 Å². The van der Waals surface area contributed by atoms with E-state index in [-0.39, 0.29) is 0 Å². The molecule has 0 atom stereocenters. The summed E-state index contributed by atoms with van der Waals surface area (Å²) in [5, 5.41) is 0. The predicted octanol–water partition coefficient (Wildman–Crippen LogP) is 7.34. The van der Waals surface area contributed by atoms with Crippen molar-refractivity contribution in [1.29, 1.82) is 0 Å². The Balaban J connectivity index is 1.64. The predicted molar refractivity (Wildman–Crippen MR) is 128 cm³/mol. The fraction of sp³-hybridized carbons (Fsp3) is 0.0333. The highest BCUT2D eigenvalue weighted by molar-refractivity contribution is 5.80. The lowest BCUT2D eigenvalue weighted by Crippen LogP contribution is -2.37. The highest BCUT2D eigenvalue weighted by Gasteiger charge is 2.51. The Hall–Kier alpha value is -4.37. The van der Waals surface area contributed by atoms with Crippen LogP contribution in [0.2, 0.25) is 0 Å². The van der Waals surface area contributed by atoms with Crippen LogP contribution in [0.5, 0.6) is 23.0 Å². The molecular weight excluding hydrogens is 406 g/mol. The highest BCUT2D eigenvalue weighted by Crippen LogP contribution is 2.63. The second kappa shape index (κ2) is 6.81. The molecule has 7 rings (SSSR count). The lowest BCUT2D eigenvalue weighted by atomic mass is 9.62. The van der Waals surface area contributed by atoms with Crippen molar-refractivity contribution in [3.63, 3.8) is 0 Å². The van der Waals surface area contributed by atoms with Gasteiger partial charge in [0.1, 0.15) is 23.0 Å². The Morgan fingerprint density at radius 2 is 1.06 bits per heavy atom. The van der Waals surface area contributed by atoms with Gasteiger partial charge in [0.05, 0.1) is 11.0 Å². The number of hydrogen-bond donors (Lipinski definition) is 0. The van der Waals surface area contributed by atoms with Crippen molar-refractivity contribution in [3.8, 4) is 34.1 Å². The summed E-state index contributed by atoms with van der Waals surface area (Å²) in [6.45, 7) is 0. The van der Waals surface area contributed by atoms with Crippen molar-refractivity contribution < 1.29 is 9.47 Å². The molecule has 0 amide bonds. The summed E-state index contributed by atoms with van der Waals surface area (Å²) >= 11 is 0. The van der Waals surface area contributed by atoms with Crippen molar-refractivity contribution >= 4 is 0 Å². The molecule has 5 aromatic rings. The monoisotopic (exact) mass is 425 g/mol. The Morgan fingerprint density at radius 3 is 1.67 bits per heavy atom. The van der Waals surface area contributed by atoms with E-state index in [1.54, 1.807) is 12.4 Å². The number of ether oxygens (including phenoxy) is 2. The molecule has 3 nitrogen and oxygen atoms in total. The van der Waals surface area contributed by atoms with Crippen LogP contribution in [0.3, 0.4) is 0 Å². The molecule has 1 aromatic heterocycles. The van der Waals surface area contributed by atoms with Crippen LogP contribution in [-0.2, 0) is 5.41 Å². The molecule has 33 heavy (non-hydrogen) atoms. The van der Waals surface area contributed by atoms with Gasteiger partial charge in [-0.15, -0.1) is 0 Å². The molecule has 3 heteroatoms. The van der Waals surface area contributed by atoms with Crippen molar-refractivity contribution in [3.05, 3.63) is 138 Å². The van der Waals surface area contributed by atoms with E-state index in [0.29, 0.717) is 0 Å². The number of benzene rings is 4. The Bertz CT molecular complexity index is 1440. The van der Waals surface area contributed by atoms with Crippen LogP contribution in [0.1, 0.15) is 22.3 Å². The fourth-order valence-corrected chi connectivity index (χ4v) is 5.36. The minimum absolute atomic E-state index is 0.535. The lowest BCUT2D eigenvalue weighted by molar-refractivity contribution is 0.385. The van der Waals surface area contributed by atoms with E-state index in [1.807, 2.05) is 24.3 Å². The molecule has 2 aliphatic rings. The fourth-order valence-electron chi connectivity index (χ4n) is 5.36. The first-order chi connectivity index (χ1) is 16.4. The van der Waals surface area contributed by atoms with Crippen LogP contribution in [0.15, 0.2) is 116 Å². The lowest BCUT2D eigenvalue weighted by Gasteiger charge is -2.45.